The van der Waals surface area contributed by atoms with Crippen LogP contribution in [0.15, 0.2) is 0 Å². The second kappa shape index (κ2) is 5.36. The zero-order valence-electron chi connectivity index (χ0n) is 12.2. The zero-order chi connectivity index (χ0) is 13.2. The van der Waals surface area contributed by atoms with Crippen LogP contribution in [-0.4, -0.2) is 72.5 Å². The van der Waals surface area contributed by atoms with E-state index in [-0.39, 0.29) is 11.4 Å². The van der Waals surface area contributed by atoms with Crippen molar-refractivity contribution >= 4 is 5.91 Å². The summed E-state index contributed by atoms with van der Waals surface area (Å²) in [5, 5.41) is 0. The van der Waals surface area contributed by atoms with E-state index in [9.17, 15) is 4.79 Å². The molecule has 0 aliphatic carbocycles. The summed E-state index contributed by atoms with van der Waals surface area (Å²) in [6.07, 6.45) is 0. The largest absolute Gasteiger partial charge is 0.333 e. The first-order valence-electron chi connectivity index (χ1n) is 6.41. The monoisotopic (exact) mass is 241 g/mol. The SMILES string of the molecule is C[C@H]1CN(CCN(C)C)CC(=O)N1C(C)(C)C. The number of amides is 1. The number of hydrogen-bond donors (Lipinski definition) is 0. The fourth-order valence-electron chi connectivity index (χ4n) is 2.58. The van der Waals surface area contributed by atoms with Crippen molar-refractivity contribution in [1.29, 1.82) is 0 Å². The van der Waals surface area contributed by atoms with Gasteiger partial charge in [-0.05, 0) is 41.8 Å². The number of carbonyl (C=O) groups excluding carboxylic acids is 1. The van der Waals surface area contributed by atoms with Gasteiger partial charge < -0.3 is 9.80 Å². The molecule has 0 unspecified atom stereocenters. The molecule has 1 saturated heterocycles. The second-order valence-electron chi connectivity index (χ2n) is 6.32. The topological polar surface area (TPSA) is 26.8 Å². The van der Waals surface area contributed by atoms with Gasteiger partial charge in [0.1, 0.15) is 0 Å². The third kappa shape index (κ3) is 3.96. The Hall–Kier alpha value is -0.610. The van der Waals surface area contributed by atoms with Crippen molar-refractivity contribution in [2.24, 2.45) is 0 Å². The number of hydrogen-bond acceptors (Lipinski definition) is 3. The predicted octanol–water partition coefficient (Wildman–Crippen LogP) is 0.879. The standard InChI is InChI=1S/C13H27N3O/c1-11-9-15(8-7-14(5)6)10-12(17)16(11)13(2,3)4/h11H,7-10H2,1-6H3/t11-/m0/s1. The molecule has 0 aromatic carbocycles. The number of carbonyl (C=O) groups is 1. The minimum Gasteiger partial charge on any atom is -0.333 e. The molecule has 0 aromatic rings. The summed E-state index contributed by atoms with van der Waals surface area (Å²) in [6, 6.07) is 0.304. The van der Waals surface area contributed by atoms with Gasteiger partial charge in [-0.2, -0.15) is 0 Å². The summed E-state index contributed by atoms with van der Waals surface area (Å²) < 4.78 is 0. The van der Waals surface area contributed by atoms with E-state index in [4.69, 9.17) is 0 Å². The fraction of sp³-hybridized carbons (Fsp3) is 0.923. The molecule has 0 radical (unpaired) electrons. The van der Waals surface area contributed by atoms with Crippen LogP contribution in [0.1, 0.15) is 27.7 Å². The van der Waals surface area contributed by atoms with Crippen LogP contribution >= 0.6 is 0 Å². The molecule has 1 fully saturated rings. The van der Waals surface area contributed by atoms with E-state index in [1.165, 1.54) is 0 Å². The van der Waals surface area contributed by atoms with Gasteiger partial charge in [0.2, 0.25) is 5.91 Å². The smallest absolute Gasteiger partial charge is 0.237 e. The van der Waals surface area contributed by atoms with Gasteiger partial charge in [0.15, 0.2) is 0 Å². The lowest BCUT2D eigenvalue weighted by Gasteiger charge is -2.46. The Bertz CT molecular complexity index is 270. The molecule has 0 spiro atoms. The first kappa shape index (κ1) is 14.5. The van der Waals surface area contributed by atoms with Crippen LogP contribution in [-0.2, 0) is 4.79 Å². The van der Waals surface area contributed by atoms with Gasteiger partial charge in [0.25, 0.3) is 0 Å². The van der Waals surface area contributed by atoms with Gasteiger partial charge in [0, 0.05) is 31.2 Å². The fourth-order valence-corrected chi connectivity index (χ4v) is 2.58. The van der Waals surface area contributed by atoms with Gasteiger partial charge in [0.05, 0.1) is 6.54 Å². The molecule has 1 atom stereocenters. The maximum atomic E-state index is 12.2. The highest BCUT2D eigenvalue weighted by Gasteiger charge is 2.36. The van der Waals surface area contributed by atoms with Gasteiger partial charge in [-0.1, -0.05) is 0 Å². The molecule has 0 N–H and O–H groups in total. The molecule has 4 nitrogen and oxygen atoms in total. The Kier molecular flexibility index (Phi) is 4.55. The highest BCUT2D eigenvalue weighted by atomic mass is 16.2. The van der Waals surface area contributed by atoms with E-state index in [1.807, 2.05) is 4.90 Å². The van der Waals surface area contributed by atoms with Crippen molar-refractivity contribution in [2.75, 3.05) is 40.3 Å². The average molecular weight is 241 g/mol. The summed E-state index contributed by atoms with van der Waals surface area (Å²) in [5.41, 5.74) is -0.0653. The number of rotatable bonds is 3. The molecule has 100 valence electrons. The Morgan fingerprint density at radius 3 is 2.35 bits per heavy atom. The predicted molar refractivity (Wildman–Crippen MR) is 71.1 cm³/mol. The van der Waals surface area contributed by atoms with Crippen LogP contribution in [0.3, 0.4) is 0 Å². The molecule has 0 aromatic heterocycles. The quantitative estimate of drug-likeness (QED) is 0.734. The normalized spacial score (nSPS) is 23.6. The first-order chi connectivity index (χ1) is 7.71. The number of likely N-dealkylation sites (N-methyl/N-ethyl adjacent to an activating group) is 1. The molecule has 1 aliphatic heterocycles. The van der Waals surface area contributed by atoms with Crippen molar-refractivity contribution in [3.05, 3.63) is 0 Å². The molecule has 1 heterocycles. The Labute approximate surface area is 106 Å². The Morgan fingerprint density at radius 1 is 1.35 bits per heavy atom. The van der Waals surface area contributed by atoms with E-state index < -0.39 is 0 Å². The van der Waals surface area contributed by atoms with Crippen molar-refractivity contribution < 1.29 is 4.79 Å². The molecular formula is C13H27N3O. The van der Waals surface area contributed by atoms with Crippen molar-refractivity contribution in [3.63, 3.8) is 0 Å². The summed E-state index contributed by atoms with van der Waals surface area (Å²) >= 11 is 0. The number of nitrogens with zero attached hydrogens (tertiary/aromatic N) is 3. The van der Waals surface area contributed by atoms with Crippen LogP contribution in [0.25, 0.3) is 0 Å². The van der Waals surface area contributed by atoms with Gasteiger partial charge >= 0.3 is 0 Å². The van der Waals surface area contributed by atoms with Crippen molar-refractivity contribution in [1.82, 2.24) is 14.7 Å². The lowest BCUT2D eigenvalue weighted by Crippen LogP contribution is -2.61. The first-order valence-corrected chi connectivity index (χ1v) is 6.41. The number of piperazine rings is 1. The molecular weight excluding hydrogens is 214 g/mol. The zero-order valence-corrected chi connectivity index (χ0v) is 12.2. The highest BCUT2D eigenvalue weighted by Crippen LogP contribution is 2.21. The lowest BCUT2D eigenvalue weighted by molar-refractivity contribution is -0.145. The summed E-state index contributed by atoms with van der Waals surface area (Å²) in [7, 11) is 4.13. The molecule has 1 rings (SSSR count). The average Bonchev–Trinajstić information content (AvgIpc) is 2.11. The molecule has 4 heteroatoms. The summed E-state index contributed by atoms with van der Waals surface area (Å²) in [5.74, 6) is 0.259. The Balaban J connectivity index is 2.58. The molecule has 0 bridgehead atoms. The second-order valence-corrected chi connectivity index (χ2v) is 6.32. The Morgan fingerprint density at radius 2 is 1.94 bits per heavy atom. The summed E-state index contributed by atoms with van der Waals surface area (Å²) in [4.78, 5) is 18.6. The molecule has 17 heavy (non-hydrogen) atoms. The molecule has 0 saturated carbocycles. The van der Waals surface area contributed by atoms with Gasteiger partial charge in [-0.15, -0.1) is 0 Å². The van der Waals surface area contributed by atoms with Crippen LogP contribution in [0.4, 0.5) is 0 Å². The van der Waals surface area contributed by atoms with Crippen molar-refractivity contribution in [2.45, 2.75) is 39.3 Å². The van der Waals surface area contributed by atoms with Gasteiger partial charge in [-0.3, -0.25) is 9.69 Å². The van der Waals surface area contributed by atoms with Crippen LogP contribution in [0.5, 0.6) is 0 Å². The van der Waals surface area contributed by atoms with E-state index in [2.05, 4.69) is 51.6 Å². The van der Waals surface area contributed by atoms with Gasteiger partial charge in [-0.25, -0.2) is 0 Å². The van der Waals surface area contributed by atoms with Crippen molar-refractivity contribution in [3.8, 4) is 0 Å². The maximum Gasteiger partial charge on any atom is 0.237 e. The van der Waals surface area contributed by atoms with E-state index >= 15 is 0 Å². The third-order valence-corrected chi connectivity index (χ3v) is 3.18. The minimum absolute atomic E-state index is 0.0653. The maximum absolute atomic E-state index is 12.2. The molecule has 1 aliphatic rings. The molecule has 1 amide bonds. The lowest BCUT2D eigenvalue weighted by atomic mass is 10.0. The summed E-state index contributed by atoms with van der Waals surface area (Å²) in [6.45, 7) is 12.0. The van der Waals surface area contributed by atoms with E-state index in [0.717, 1.165) is 19.6 Å². The highest BCUT2D eigenvalue weighted by molar-refractivity contribution is 5.80. The minimum atomic E-state index is -0.0653. The van der Waals surface area contributed by atoms with Crippen LogP contribution in [0, 0.1) is 0 Å². The van der Waals surface area contributed by atoms with Crippen LogP contribution < -0.4 is 0 Å². The third-order valence-electron chi connectivity index (χ3n) is 3.18. The van der Waals surface area contributed by atoms with E-state index in [0.29, 0.717) is 12.6 Å². The van der Waals surface area contributed by atoms with Crippen LogP contribution in [0.2, 0.25) is 0 Å². The van der Waals surface area contributed by atoms with E-state index in [1.54, 1.807) is 0 Å².